The molecular weight excluding hydrogens is 385 g/mol. The third kappa shape index (κ3) is 3.40. The van der Waals surface area contributed by atoms with Crippen molar-refractivity contribution < 1.29 is 9.21 Å². The quantitative estimate of drug-likeness (QED) is 0.479. The molecule has 0 atom stereocenters. The summed E-state index contributed by atoms with van der Waals surface area (Å²) in [6, 6.07) is 8.95. The predicted octanol–water partition coefficient (Wildman–Crippen LogP) is 5.86. The van der Waals surface area contributed by atoms with E-state index in [9.17, 15) is 4.79 Å². The predicted molar refractivity (Wildman–Crippen MR) is 104 cm³/mol. The number of thioether (sulfide) groups is 1. The maximum atomic E-state index is 12.4. The number of thiocarbonyl (C=S) groups is 1. The van der Waals surface area contributed by atoms with Crippen molar-refractivity contribution in [1.29, 1.82) is 0 Å². The molecule has 7 heteroatoms. The number of furan rings is 1. The highest BCUT2D eigenvalue weighted by molar-refractivity contribution is 8.26. The number of amides is 1. The highest BCUT2D eigenvalue weighted by Gasteiger charge is 2.33. The van der Waals surface area contributed by atoms with Crippen molar-refractivity contribution in [2.45, 2.75) is 19.9 Å². The normalized spacial score (nSPS) is 16.7. The second-order valence-corrected chi connectivity index (χ2v) is 7.97. The van der Waals surface area contributed by atoms with Crippen LogP contribution in [0.3, 0.4) is 0 Å². The molecule has 1 fully saturated rings. The molecule has 0 spiro atoms. The van der Waals surface area contributed by atoms with Gasteiger partial charge in [0.15, 0.2) is 0 Å². The van der Waals surface area contributed by atoms with Gasteiger partial charge in [0.05, 0.1) is 15.0 Å². The Bertz CT molecular complexity index is 858. The first kappa shape index (κ1) is 17.5. The van der Waals surface area contributed by atoms with Crippen LogP contribution in [-0.4, -0.2) is 21.2 Å². The van der Waals surface area contributed by atoms with E-state index in [1.165, 1.54) is 11.8 Å². The first-order chi connectivity index (χ1) is 11.4. The van der Waals surface area contributed by atoms with Crippen LogP contribution in [0.1, 0.15) is 19.6 Å². The Morgan fingerprint density at radius 2 is 1.96 bits per heavy atom. The smallest absolute Gasteiger partial charge is 0.266 e. The van der Waals surface area contributed by atoms with Gasteiger partial charge < -0.3 is 4.42 Å². The van der Waals surface area contributed by atoms with Gasteiger partial charge in [0.2, 0.25) is 0 Å². The molecular formula is C17H13Cl2NO2S2. The minimum absolute atomic E-state index is 0.0340. The fourth-order valence-electron chi connectivity index (χ4n) is 2.29. The molecule has 2 aromatic rings. The van der Waals surface area contributed by atoms with E-state index in [4.69, 9.17) is 39.8 Å². The maximum Gasteiger partial charge on any atom is 0.266 e. The second-order valence-electron chi connectivity index (χ2n) is 5.48. The van der Waals surface area contributed by atoms with Crippen LogP contribution in [-0.2, 0) is 4.79 Å². The Labute approximate surface area is 159 Å². The van der Waals surface area contributed by atoms with Crippen LogP contribution in [0.4, 0.5) is 0 Å². The molecule has 0 unspecified atom stereocenters. The molecule has 0 radical (unpaired) electrons. The van der Waals surface area contributed by atoms with Crippen molar-refractivity contribution >= 4 is 63.5 Å². The van der Waals surface area contributed by atoms with Gasteiger partial charge in [0.25, 0.3) is 5.91 Å². The largest absolute Gasteiger partial charge is 0.457 e. The number of rotatable bonds is 3. The number of hydrogen-bond donors (Lipinski definition) is 0. The van der Waals surface area contributed by atoms with E-state index in [1.807, 2.05) is 26.0 Å². The summed E-state index contributed by atoms with van der Waals surface area (Å²) in [5, 5.41) is 0.953. The summed E-state index contributed by atoms with van der Waals surface area (Å²) >= 11 is 18.5. The van der Waals surface area contributed by atoms with Crippen molar-refractivity contribution in [3.05, 3.63) is 51.0 Å². The van der Waals surface area contributed by atoms with Crippen LogP contribution in [0.25, 0.3) is 17.4 Å². The molecule has 124 valence electrons. The van der Waals surface area contributed by atoms with Crippen molar-refractivity contribution in [3.63, 3.8) is 0 Å². The van der Waals surface area contributed by atoms with E-state index < -0.39 is 0 Å². The molecule has 3 nitrogen and oxygen atoms in total. The Morgan fingerprint density at radius 3 is 2.58 bits per heavy atom. The summed E-state index contributed by atoms with van der Waals surface area (Å²) in [6.07, 6.45) is 1.71. The first-order valence-electron chi connectivity index (χ1n) is 7.19. The number of nitrogens with zero attached hydrogens (tertiary/aromatic N) is 1. The number of halogens is 2. The van der Waals surface area contributed by atoms with Crippen LogP contribution in [0.15, 0.2) is 39.7 Å². The van der Waals surface area contributed by atoms with Gasteiger partial charge in [-0.25, -0.2) is 0 Å². The molecule has 0 N–H and O–H groups in total. The Kier molecular flexibility index (Phi) is 5.06. The van der Waals surface area contributed by atoms with Crippen LogP contribution >= 0.6 is 47.2 Å². The molecule has 3 rings (SSSR count). The lowest BCUT2D eigenvalue weighted by molar-refractivity contribution is -0.123. The molecule has 1 aromatic carbocycles. The highest BCUT2D eigenvalue weighted by atomic mass is 35.5. The molecule has 2 heterocycles. The van der Waals surface area contributed by atoms with Gasteiger partial charge in [-0.15, -0.1) is 0 Å². The lowest BCUT2D eigenvalue weighted by atomic mass is 10.2. The van der Waals surface area contributed by atoms with Crippen LogP contribution in [0, 0.1) is 0 Å². The molecule has 1 saturated heterocycles. The zero-order chi connectivity index (χ0) is 17.4. The van der Waals surface area contributed by atoms with Crippen LogP contribution in [0.5, 0.6) is 0 Å². The zero-order valence-corrected chi connectivity index (χ0v) is 16.0. The number of hydrogen-bond acceptors (Lipinski definition) is 4. The fourth-order valence-corrected chi connectivity index (χ4v) is 4.09. The average Bonchev–Trinajstić information content (AvgIpc) is 3.07. The van der Waals surface area contributed by atoms with E-state index in [1.54, 1.807) is 29.2 Å². The fraction of sp³-hybridized carbons (Fsp3) is 0.176. The van der Waals surface area contributed by atoms with Crippen molar-refractivity contribution in [3.8, 4) is 11.3 Å². The van der Waals surface area contributed by atoms with Gasteiger partial charge in [0.1, 0.15) is 15.8 Å². The standard InChI is InChI=1S/C17H13Cl2NO2S2/c1-9(2)20-16(21)15(24-17(20)23)8-11-4-6-14(22-11)10-3-5-12(18)13(19)7-10/h3-9H,1-2H3/b15-8-. The molecule has 1 aliphatic rings. The van der Waals surface area contributed by atoms with Gasteiger partial charge in [-0.1, -0.05) is 47.2 Å². The molecule has 24 heavy (non-hydrogen) atoms. The molecule has 1 aliphatic heterocycles. The third-order valence-corrected chi connectivity index (χ3v) is 5.51. The van der Waals surface area contributed by atoms with Crippen molar-refractivity contribution in [1.82, 2.24) is 4.90 Å². The first-order valence-corrected chi connectivity index (χ1v) is 9.17. The molecule has 0 aliphatic carbocycles. The summed E-state index contributed by atoms with van der Waals surface area (Å²) in [7, 11) is 0. The third-order valence-electron chi connectivity index (χ3n) is 3.44. The highest BCUT2D eigenvalue weighted by Crippen LogP contribution is 2.35. The second kappa shape index (κ2) is 6.92. The monoisotopic (exact) mass is 397 g/mol. The van der Waals surface area contributed by atoms with Gasteiger partial charge in [-0.3, -0.25) is 9.69 Å². The number of carbonyl (C=O) groups is 1. The van der Waals surface area contributed by atoms with Gasteiger partial charge in [0, 0.05) is 17.7 Å². The molecule has 1 amide bonds. The van der Waals surface area contributed by atoms with Crippen molar-refractivity contribution in [2.75, 3.05) is 0 Å². The Hall–Kier alpha value is -1.27. The van der Waals surface area contributed by atoms with E-state index in [2.05, 4.69) is 0 Å². The summed E-state index contributed by atoms with van der Waals surface area (Å²) in [6.45, 7) is 3.87. The minimum atomic E-state index is -0.0903. The summed E-state index contributed by atoms with van der Waals surface area (Å²) in [5.41, 5.74) is 0.818. The lowest BCUT2D eigenvalue weighted by Gasteiger charge is -2.18. The minimum Gasteiger partial charge on any atom is -0.457 e. The summed E-state index contributed by atoms with van der Waals surface area (Å²) in [5.74, 6) is 1.15. The van der Waals surface area contributed by atoms with E-state index >= 15 is 0 Å². The molecule has 0 bridgehead atoms. The SMILES string of the molecule is CC(C)N1C(=O)/C(=C/c2ccc(-c3ccc(Cl)c(Cl)c3)o2)SC1=S. The van der Waals surface area contributed by atoms with Crippen molar-refractivity contribution in [2.24, 2.45) is 0 Å². The van der Waals surface area contributed by atoms with Gasteiger partial charge in [-0.2, -0.15) is 0 Å². The van der Waals surface area contributed by atoms with Crippen LogP contribution in [0.2, 0.25) is 10.0 Å². The zero-order valence-electron chi connectivity index (χ0n) is 12.9. The lowest BCUT2D eigenvalue weighted by Crippen LogP contribution is -2.34. The average molecular weight is 398 g/mol. The maximum absolute atomic E-state index is 12.4. The number of benzene rings is 1. The number of carbonyl (C=O) groups excluding carboxylic acids is 1. The Balaban J connectivity index is 1.87. The van der Waals surface area contributed by atoms with Gasteiger partial charge in [-0.05, 0) is 44.2 Å². The van der Waals surface area contributed by atoms with Crippen LogP contribution < -0.4 is 0 Å². The van der Waals surface area contributed by atoms with E-state index in [0.29, 0.717) is 30.8 Å². The Morgan fingerprint density at radius 1 is 1.21 bits per heavy atom. The molecule has 1 aromatic heterocycles. The van der Waals surface area contributed by atoms with E-state index in [-0.39, 0.29) is 11.9 Å². The summed E-state index contributed by atoms with van der Waals surface area (Å²) in [4.78, 5) is 14.6. The summed E-state index contributed by atoms with van der Waals surface area (Å²) < 4.78 is 6.37. The van der Waals surface area contributed by atoms with E-state index in [0.717, 1.165) is 5.56 Å². The van der Waals surface area contributed by atoms with Gasteiger partial charge >= 0.3 is 0 Å². The molecule has 0 saturated carbocycles. The topological polar surface area (TPSA) is 33.5 Å².